The van der Waals surface area contributed by atoms with Gasteiger partial charge in [0.25, 0.3) is 0 Å². The van der Waals surface area contributed by atoms with Crippen LogP contribution in [0.25, 0.3) is 0 Å². The first-order chi connectivity index (χ1) is 9.19. The van der Waals surface area contributed by atoms with Gasteiger partial charge in [-0.05, 0) is 49.9 Å². The molecule has 1 unspecified atom stereocenters. The lowest BCUT2D eigenvalue weighted by molar-refractivity contribution is -0.119. The van der Waals surface area contributed by atoms with Gasteiger partial charge in [-0.2, -0.15) is 0 Å². The number of hydrogen-bond acceptors (Lipinski definition) is 3. The molecule has 1 saturated carbocycles. The van der Waals surface area contributed by atoms with Crippen LogP contribution in [0.1, 0.15) is 32.6 Å². The monoisotopic (exact) mass is 262 g/mol. The second-order valence-corrected chi connectivity index (χ2v) is 5.17. The predicted molar refractivity (Wildman–Crippen MR) is 76.2 cm³/mol. The summed E-state index contributed by atoms with van der Waals surface area (Å²) in [5.74, 6) is 0.651. The van der Waals surface area contributed by atoms with Crippen molar-refractivity contribution in [2.24, 2.45) is 11.7 Å². The third-order valence-electron chi connectivity index (χ3n) is 3.53. The molecule has 1 aromatic rings. The van der Waals surface area contributed by atoms with E-state index >= 15 is 0 Å². The molecule has 4 nitrogen and oxygen atoms in total. The van der Waals surface area contributed by atoms with Crippen LogP contribution >= 0.6 is 0 Å². The summed E-state index contributed by atoms with van der Waals surface area (Å²) in [5, 5.41) is 2.84. The minimum atomic E-state index is -0.172. The quantitative estimate of drug-likeness (QED) is 0.857. The molecule has 0 radical (unpaired) electrons. The Balaban J connectivity index is 1.88. The molecule has 1 aromatic carbocycles. The summed E-state index contributed by atoms with van der Waals surface area (Å²) in [7, 11) is 0. The molecule has 4 heteroatoms. The molecule has 0 heterocycles. The average molecular weight is 262 g/mol. The van der Waals surface area contributed by atoms with Crippen LogP contribution in [-0.2, 0) is 4.79 Å². The van der Waals surface area contributed by atoms with Gasteiger partial charge in [0.1, 0.15) is 5.75 Å². The highest BCUT2D eigenvalue weighted by Gasteiger charge is 2.16. The Bertz CT molecular complexity index is 411. The van der Waals surface area contributed by atoms with E-state index in [1.807, 2.05) is 31.2 Å². The Kier molecular flexibility index (Phi) is 4.80. The van der Waals surface area contributed by atoms with Crippen molar-refractivity contribution in [2.45, 2.75) is 38.7 Å². The smallest absolute Gasteiger partial charge is 0.228 e. The fourth-order valence-electron chi connectivity index (χ4n) is 2.19. The molecular weight excluding hydrogens is 240 g/mol. The Morgan fingerprint density at radius 3 is 2.58 bits per heavy atom. The number of ether oxygens (including phenoxy) is 1. The molecule has 19 heavy (non-hydrogen) atoms. The van der Waals surface area contributed by atoms with Crippen molar-refractivity contribution in [3.63, 3.8) is 0 Å². The lowest BCUT2D eigenvalue weighted by atomic mass is 10.1. The molecule has 104 valence electrons. The molecule has 1 aliphatic rings. The van der Waals surface area contributed by atoms with Crippen molar-refractivity contribution in [1.82, 2.24) is 0 Å². The second-order valence-electron chi connectivity index (χ2n) is 5.17. The number of nitrogens with one attached hydrogen (secondary N) is 1. The van der Waals surface area contributed by atoms with Crippen LogP contribution in [0.4, 0.5) is 5.69 Å². The lowest BCUT2D eigenvalue weighted by Crippen LogP contribution is -2.26. The van der Waals surface area contributed by atoms with Gasteiger partial charge in [-0.25, -0.2) is 0 Å². The third-order valence-corrected chi connectivity index (χ3v) is 3.53. The SMILES string of the molecule is CC(CN)C(=O)Nc1ccc(OC2CCCC2)cc1. The van der Waals surface area contributed by atoms with Crippen molar-refractivity contribution in [3.8, 4) is 5.75 Å². The Morgan fingerprint density at radius 2 is 2.00 bits per heavy atom. The summed E-state index contributed by atoms with van der Waals surface area (Å²) in [6.45, 7) is 2.17. The number of carbonyl (C=O) groups excluding carboxylic acids is 1. The second kappa shape index (κ2) is 6.57. The first-order valence-electron chi connectivity index (χ1n) is 6.96. The van der Waals surface area contributed by atoms with Gasteiger partial charge < -0.3 is 15.8 Å². The third kappa shape index (κ3) is 3.96. The maximum absolute atomic E-state index is 11.7. The van der Waals surface area contributed by atoms with Crippen LogP contribution in [0.3, 0.4) is 0 Å². The summed E-state index contributed by atoms with van der Waals surface area (Å²) in [6.07, 6.45) is 5.17. The fourth-order valence-corrected chi connectivity index (χ4v) is 2.19. The maximum atomic E-state index is 11.7. The highest BCUT2D eigenvalue weighted by atomic mass is 16.5. The number of anilines is 1. The van der Waals surface area contributed by atoms with Gasteiger partial charge in [0.05, 0.1) is 6.10 Å². The Hall–Kier alpha value is -1.55. The maximum Gasteiger partial charge on any atom is 0.228 e. The molecule has 0 bridgehead atoms. The van der Waals surface area contributed by atoms with E-state index in [1.165, 1.54) is 12.8 Å². The highest BCUT2D eigenvalue weighted by molar-refractivity contribution is 5.92. The highest BCUT2D eigenvalue weighted by Crippen LogP contribution is 2.25. The molecule has 0 aliphatic heterocycles. The average Bonchev–Trinajstić information content (AvgIpc) is 2.93. The van der Waals surface area contributed by atoms with E-state index in [0.29, 0.717) is 12.6 Å². The van der Waals surface area contributed by atoms with Crippen molar-refractivity contribution in [2.75, 3.05) is 11.9 Å². The van der Waals surface area contributed by atoms with Gasteiger partial charge in [-0.1, -0.05) is 6.92 Å². The summed E-state index contributed by atoms with van der Waals surface area (Å²) in [6, 6.07) is 7.54. The van der Waals surface area contributed by atoms with E-state index in [0.717, 1.165) is 24.3 Å². The van der Waals surface area contributed by atoms with Crippen LogP contribution in [0, 0.1) is 5.92 Å². The zero-order chi connectivity index (χ0) is 13.7. The van der Waals surface area contributed by atoms with Crippen LogP contribution < -0.4 is 15.8 Å². The number of benzene rings is 1. The zero-order valence-corrected chi connectivity index (χ0v) is 11.4. The first-order valence-corrected chi connectivity index (χ1v) is 6.96. The van der Waals surface area contributed by atoms with Gasteiger partial charge in [-0.15, -0.1) is 0 Å². The van der Waals surface area contributed by atoms with E-state index in [9.17, 15) is 4.79 Å². The normalized spacial score (nSPS) is 17.2. The molecule has 0 aromatic heterocycles. The minimum Gasteiger partial charge on any atom is -0.490 e. The van der Waals surface area contributed by atoms with E-state index in [-0.39, 0.29) is 11.8 Å². The largest absolute Gasteiger partial charge is 0.490 e. The summed E-state index contributed by atoms with van der Waals surface area (Å²) in [4.78, 5) is 11.7. The van der Waals surface area contributed by atoms with E-state index in [2.05, 4.69) is 5.32 Å². The van der Waals surface area contributed by atoms with Gasteiger partial charge in [0.15, 0.2) is 0 Å². The van der Waals surface area contributed by atoms with Gasteiger partial charge in [0, 0.05) is 18.2 Å². The molecule has 1 atom stereocenters. The molecule has 1 amide bonds. The van der Waals surface area contributed by atoms with Crippen LogP contribution in [0.15, 0.2) is 24.3 Å². The summed E-state index contributed by atoms with van der Waals surface area (Å²) in [5.41, 5.74) is 6.24. The van der Waals surface area contributed by atoms with Crippen LogP contribution in [0.5, 0.6) is 5.75 Å². The Morgan fingerprint density at radius 1 is 1.37 bits per heavy atom. The summed E-state index contributed by atoms with van der Waals surface area (Å²) < 4.78 is 5.87. The van der Waals surface area contributed by atoms with Gasteiger partial charge >= 0.3 is 0 Å². The lowest BCUT2D eigenvalue weighted by Gasteiger charge is -2.14. The number of rotatable bonds is 5. The standard InChI is InChI=1S/C15H22N2O2/c1-11(10-16)15(18)17-12-6-8-14(9-7-12)19-13-4-2-3-5-13/h6-9,11,13H,2-5,10,16H2,1H3,(H,17,18). The molecule has 1 aliphatic carbocycles. The van der Waals surface area contributed by atoms with Crippen LogP contribution in [-0.4, -0.2) is 18.6 Å². The molecule has 2 rings (SSSR count). The minimum absolute atomic E-state index is 0.0491. The molecule has 1 fully saturated rings. The van der Waals surface area contributed by atoms with Crippen molar-refractivity contribution in [1.29, 1.82) is 0 Å². The number of carbonyl (C=O) groups is 1. The van der Waals surface area contributed by atoms with E-state index in [4.69, 9.17) is 10.5 Å². The molecule has 3 N–H and O–H groups in total. The van der Waals surface area contributed by atoms with E-state index < -0.39 is 0 Å². The topological polar surface area (TPSA) is 64.4 Å². The van der Waals surface area contributed by atoms with Crippen LogP contribution in [0.2, 0.25) is 0 Å². The van der Waals surface area contributed by atoms with Crippen molar-refractivity contribution in [3.05, 3.63) is 24.3 Å². The van der Waals surface area contributed by atoms with Gasteiger partial charge in [-0.3, -0.25) is 4.79 Å². The van der Waals surface area contributed by atoms with E-state index in [1.54, 1.807) is 0 Å². The summed E-state index contributed by atoms with van der Waals surface area (Å²) >= 11 is 0. The fraction of sp³-hybridized carbons (Fsp3) is 0.533. The molecule has 0 spiro atoms. The van der Waals surface area contributed by atoms with Gasteiger partial charge in [0.2, 0.25) is 5.91 Å². The molecule has 0 saturated heterocycles. The predicted octanol–water partition coefficient (Wildman–Crippen LogP) is 2.54. The number of hydrogen-bond donors (Lipinski definition) is 2. The first kappa shape index (κ1) is 13.9. The zero-order valence-electron chi connectivity index (χ0n) is 11.4. The Labute approximate surface area is 114 Å². The number of amides is 1. The molecular formula is C15H22N2O2. The number of nitrogens with two attached hydrogens (primary N) is 1. The van der Waals surface area contributed by atoms with Crippen molar-refractivity contribution < 1.29 is 9.53 Å². The van der Waals surface area contributed by atoms with Crippen molar-refractivity contribution >= 4 is 11.6 Å².